The third-order valence-electron chi connectivity index (χ3n) is 5.16. The maximum Gasteiger partial charge on any atom is 0.251 e. The lowest BCUT2D eigenvalue weighted by Crippen LogP contribution is -2.50. The molecule has 0 spiro atoms. The minimum absolute atomic E-state index is 0.0338. The summed E-state index contributed by atoms with van der Waals surface area (Å²) in [6.07, 6.45) is 0. The van der Waals surface area contributed by atoms with Gasteiger partial charge in [0.1, 0.15) is 5.75 Å². The predicted molar refractivity (Wildman–Crippen MR) is 113 cm³/mol. The summed E-state index contributed by atoms with van der Waals surface area (Å²) in [4.78, 5) is 28.9. The molecule has 1 heterocycles. The fourth-order valence-electron chi connectivity index (χ4n) is 3.46. The average molecular weight is 396 g/mol. The van der Waals surface area contributed by atoms with Crippen molar-refractivity contribution in [3.63, 3.8) is 0 Å². The number of aryl methyl sites for hydroxylation is 1. The zero-order valence-electron chi connectivity index (χ0n) is 17.2. The molecule has 1 aliphatic heterocycles. The van der Waals surface area contributed by atoms with Crippen molar-refractivity contribution in [2.24, 2.45) is 0 Å². The van der Waals surface area contributed by atoms with Gasteiger partial charge in [0.05, 0.1) is 13.2 Å². The molecule has 2 aromatic rings. The fourth-order valence-corrected chi connectivity index (χ4v) is 3.46. The number of amides is 2. The van der Waals surface area contributed by atoms with Gasteiger partial charge in [-0.15, -0.1) is 0 Å². The van der Waals surface area contributed by atoms with E-state index in [2.05, 4.69) is 22.3 Å². The summed E-state index contributed by atoms with van der Waals surface area (Å²) in [5.41, 5.74) is 2.75. The highest BCUT2D eigenvalue weighted by Gasteiger charge is 2.21. The molecule has 0 radical (unpaired) electrons. The van der Waals surface area contributed by atoms with E-state index in [-0.39, 0.29) is 18.4 Å². The number of rotatable bonds is 7. The molecule has 2 aromatic carbocycles. The number of carbonyl (C=O) groups is 2. The number of piperazine rings is 1. The second-order valence-corrected chi connectivity index (χ2v) is 7.23. The highest BCUT2D eigenvalue weighted by Crippen LogP contribution is 2.15. The molecule has 0 atom stereocenters. The smallest absolute Gasteiger partial charge is 0.251 e. The minimum Gasteiger partial charge on any atom is -0.494 e. The number of nitrogens with zero attached hydrogens (tertiary/aromatic N) is 2. The van der Waals surface area contributed by atoms with Crippen molar-refractivity contribution in [2.45, 2.75) is 20.4 Å². The van der Waals surface area contributed by atoms with Gasteiger partial charge in [-0.25, -0.2) is 0 Å². The van der Waals surface area contributed by atoms with Crippen LogP contribution < -0.4 is 10.1 Å². The van der Waals surface area contributed by atoms with Crippen molar-refractivity contribution < 1.29 is 14.3 Å². The molecule has 0 saturated carbocycles. The van der Waals surface area contributed by atoms with Crippen molar-refractivity contribution in [3.05, 3.63) is 65.2 Å². The van der Waals surface area contributed by atoms with Crippen LogP contribution >= 0.6 is 0 Å². The Bertz CT molecular complexity index is 828. The monoisotopic (exact) mass is 395 g/mol. The summed E-state index contributed by atoms with van der Waals surface area (Å²) in [5, 5.41) is 2.75. The van der Waals surface area contributed by atoms with Gasteiger partial charge in [-0.05, 0) is 43.2 Å². The molecule has 0 aromatic heterocycles. The van der Waals surface area contributed by atoms with Crippen LogP contribution in [0.15, 0.2) is 48.5 Å². The predicted octanol–water partition coefficient (Wildman–Crippen LogP) is 2.47. The molecule has 1 N–H and O–H groups in total. The number of hydrogen-bond donors (Lipinski definition) is 1. The van der Waals surface area contributed by atoms with Gasteiger partial charge in [0.25, 0.3) is 5.91 Å². The summed E-state index contributed by atoms with van der Waals surface area (Å²) in [5.74, 6) is 0.651. The highest BCUT2D eigenvalue weighted by molar-refractivity contribution is 5.97. The first-order valence-corrected chi connectivity index (χ1v) is 10.1. The van der Waals surface area contributed by atoms with Crippen molar-refractivity contribution >= 4 is 11.8 Å². The lowest BCUT2D eigenvalue weighted by atomic mass is 10.1. The maximum absolute atomic E-state index is 12.5. The molecular formula is C23H29N3O3. The van der Waals surface area contributed by atoms with Crippen LogP contribution in [0.5, 0.6) is 5.75 Å². The Morgan fingerprint density at radius 3 is 2.34 bits per heavy atom. The molecule has 0 aliphatic carbocycles. The van der Waals surface area contributed by atoms with E-state index >= 15 is 0 Å². The Balaban J connectivity index is 1.42. The fraction of sp³-hybridized carbons (Fsp3) is 0.391. The van der Waals surface area contributed by atoms with Crippen LogP contribution in [0.3, 0.4) is 0 Å². The first kappa shape index (κ1) is 20.9. The van der Waals surface area contributed by atoms with Crippen LogP contribution in [-0.4, -0.2) is 60.9 Å². The minimum atomic E-state index is -0.203. The number of hydrogen-bond acceptors (Lipinski definition) is 4. The Hall–Kier alpha value is -2.86. The molecule has 1 aliphatic rings. The second-order valence-electron chi connectivity index (χ2n) is 7.23. The number of benzene rings is 2. The highest BCUT2D eigenvalue weighted by atomic mass is 16.5. The SMILES string of the molecule is CCOc1ccc(CN2CCN(C(=O)CNC(=O)c3ccccc3C)CC2)cc1. The zero-order valence-corrected chi connectivity index (χ0v) is 17.2. The third-order valence-corrected chi connectivity index (χ3v) is 5.16. The molecule has 1 fully saturated rings. The van der Waals surface area contributed by atoms with Crippen molar-refractivity contribution in [3.8, 4) is 5.75 Å². The van der Waals surface area contributed by atoms with Crippen molar-refractivity contribution in [2.75, 3.05) is 39.3 Å². The first-order chi connectivity index (χ1) is 14.1. The molecule has 29 heavy (non-hydrogen) atoms. The van der Waals surface area contributed by atoms with Crippen LogP contribution in [0.2, 0.25) is 0 Å². The van der Waals surface area contributed by atoms with Gasteiger partial charge in [-0.2, -0.15) is 0 Å². The molecule has 2 amide bonds. The van der Waals surface area contributed by atoms with Crippen molar-refractivity contribution in [1.29, 1.82) is 0 Å². The van der Waals surface area contributed by atoms with Gasteiger partial charge in [-0.3, -0.25) is 14.5 Å². The molecule has 1 saturated heterocycles. The van der Waals surface area contributed by atoms with E-state index in [1.807, 2.05) is 49.1 Å². The van der Waals surface area contributed by atoms with Crippen molar-refractivity contribution in [1.82, 2.24) is 15.1 Å². The maximum atomic E-state index is 12.5. The number of nitrogens with one attached hydrogen (secondary N) is 1. The molecule has 3 rings (SSSR count). The molecule has 0 bridgehead atoms. The quantitative estimate of drug-likeness (QED) is 0.782. The van der Waals surface area contributed by atoms with E-state index in [1.165, 1.54) is 5.56 Å². The molecule has 6 nitrogen and oxygen atoms in total. The van der Waals surface area contributed by atoms with Crippen LogP contribution in [0.1, 0.15) is 28.4 Å². The summed E-state index contributed by atoms with van der Waals surface area (Å²) in [7, 11) is 0. The van der Waals surface area contributed by atoms with E-state index in [4.69, 9.17) is 4.74 Å². The van der Waals surface area contributed by atoms with Gasteiger partial charge in [0.2, 0.25) is 5.91 Å². The summed E-state index contributed by atoms with van der Waals surface area (Å²) >= 11 is 0. The van der Waals surface area contributed by atoms with Crippen LogP contribution in [0.4, 0.5) is 0 Å². The summed E-state index contributed by atoms with van der Waals surface area (Å²) in [6.45, 7) is 8.43. The lowest BCUT2D eigenvalue weighted by molar-refractivity contribution is -0.131. The topological polar surface area (TPSA) is 61.9 Å². The molecule has 6 heteroatoms. The van der Waals surface area contributed by atoms with Gasteiger partial charge >= 0.3 is 0 Å². The zero-order chi connectivity index (χ0) is 20.6. The molecule has 0 unspecified atom stereocenters. The van der Waals surface area contributed by atoms with Crippen LogP contribution in [0, 0.1) is 6.92 Å². The normalized spacial score (nSPS) is 14.5. The average Bonchev–Trinajstić information content (AvgIpc) is 2.74. The van der Waals surface area contributed by atoms with E-state index < -0.39 is 0 Å². The van der Waals surface area contributed by atoms with E-state index in [0.717, 1.165) is 30.9 Å². The van der Waals surface area contributed by atoms with Gasteiger partial charge in [0.15, 0.2) is 0 Å². The largest absolute Gasteiger partial charge is 0.494 e. The Morgan fingerprint density at radius 2 is 1.69 bits per heavy atom. The Morgan fingerprint density at radius 1 is 1.00 bits per heavy atom. The van der Waals surface area contributed by atoms with E-state index in [9.17, 15) is 9.59 Å². The third kappa shape index (κ3) is 5.81. The van der Waals surface area contributed by atoms with Gasteiger partial charge in [0, 0.05) is 38.3 Å². The Kier molecular flexibility index (Phi) is 7.25. The van der Waals surface area contributed by atoms with Crippen LogP contribution in [0.25, 0.3) is 0 Å². The lowest BCUT2D eigenvalue weighted by Gasteiger charge is -2.34. The van der Waals surface area contributed by atoms with Gasteiger partial charge < -0.3 is 15.0 Å². The first-order valence-electron chi connectivity index (χ1n) is 10.1. The molecule has 154 valence electrons. The summed E-state index contributed by atoms with van der Waals surface area (Å²) in [6, 6.07) is 15.5. The van der Waals surface area contributed by atoms with Crippen LogP contribution in [-0.2, 0) is 11.3 Å². The standard InChI is InChI=1S/C23H29N3O3/c1-3-29-20-10-8-19(9-11-20)17-25-12-14-26(15-13-25)22(27)16-24-23(28)21-7-5-4-6-18(21)2/h4-11H,3,12-17H2,1-2H3,(H,24,28). The number of carbonyl (C=O) groups excluding carboxylic acids is 2. The van der Waals surface area contributed by atoms with E-state index in [0.29, 0.717) is 25.3 Å². The van der Waals surface area contributed by atoms with E-state index in [1.54, 1.807) is 6.07 Å². The Labute approximate surface area is 172 Å². The van der Waals surface area contributed by atoms with Gasteiger partial charge in [-0.1, -0.05) is 30.3 Å². The molecular weight excluding hydrogens is 366 g/mol. The second kappa shape index (κ2) is 10.1. The number of ether oxygens (including phenoxy) is 1. The summed E-state index contributed by atoms with van der Waals surface area (Å²) < 4.78 is 5.48.